The first-order valence-electron chi connectivity index (χ1n) is 3.73. The molecule has 3 atom stereocenters. The van der Waals surface area contributed by atoms with E-state index in [-0.39, 0.29) is 5.92 Å². The minimum absolute atomic E-state index is 0.0617. The van der Waals surface area contributed by atoms with Gasteiger partial charge in [0.1, 0.15) is 4.87 Å². The Hall–Kier alpha value is -0.500. The highest BCUT2D eigenvalue weighted by Crippen LogP contribution is 2.50. The van der Waals surface area contributed by atoms with Crippen LogP contribution in [0.25, 0.3) is 0 Å². The molecule has 0 aromatic heterocycles. The molecule has 1 saturated carbocycles. The molecule has 0 radical (unpaired) electrons. The summed E-state index contributed by atoms with van der Waals surface area (Å²) in [4.78, 5) is 9.76. The smallest absolute Gasteiger partial charge is 0.325 e. The number of fused-ring (bicyclic) bond motifs is 2. The van der Waals surface area contributed by atoms with Crippen molar-refractivity contribution in [1.82, 2.24) is 0 Å². The average Bonchev–Trinajstić information content (AvgIpc) is 2.45. The van der Waals surface area contributed by atoms with E-state index in [1.165, 1.54) is 0 Å². The van der Waals surface area contributed by atoms with Gasteiger partial charge in [-0.3, -0.25) is 4.79 Å². The lowest BCUT2D eigenvalue weighted by atomic mass is 9.93. The Labute approximate surface area is 69.9 Å². The molecule has 1 fully saturated rings. The van der Waals surface area contributed by atoms with Gasteiger partial charge in [0.2, 0.25) is 0 Å². The number of aliphatic carboxylic acids is 1. The Kier molecular flexibility index (Phi) is 1.31. The van der Waals surface area contributed by atoms with E-state index >= 15 is 0 Å². The molecule has 3 heteroatoms. The summed E-state index contributed by atoms with van der Waals surface area (Å²) < 4.78 is 0. The van der Waals surface area contributed by atoms with E-state index < -0.39 is 10.8 Å². The van der Waals surface area contributed by atoms with Crippen molar-refractivity contribution in [2.75, 3.05) is 0 Å². The highest BCUT2D eigenvalue weighted by Gasteiger charge is 2.52. The van der Waals surface area contributed by atoms with Crippen LogP contribution in [0.2, 0.25) is 0 Å². The first kappa shape index (κ1) is 7.17. The molecule has 11 heavy (non-hydrogen) atoms. The van der Waals surface area contributed by atoms with Gasteiger partial charge >= 0.3 is 5.97 Å². The SMILES string of the molecule is O=C(O)[C@]1(Cl)C[C@@H]2C=C[C@@H]1C2. The zero-order chi connectivity index (χ0) is 8.06. The third-order valence-corrected chi connectivity index (χ3v) is 3.27. The molecule has 60 valence electrons. The van der Waals surface area contributed by atoms with Crippen LogP contribution >= 0.6 is 11.6 Å². The number of hydrogen-bond acceptors (Lipinski definition) is 1. The molecule has 2 rings (SSSR count). The van der Waals surface area contributed by atoms with Crippen molar-refractivity contribution < 1.29 is 9.90 Å². The number of hydrogen-bond donors (Lipinski definition) is 1. The molecule has 2 aliphatic rings. The Bertz CT molecular complexity index is 236. The highest BCUT2D eigenvalue weighted by molar-refractivity contribution is 6.34. The predicted octanol–water partition coefficient (Wildman–Crippen LogP) is 1.64. The molecule has 0 unspecified atom stereocenters. The van der Waals surface area contributed by atoms with Crippen LogP contribution in [0.4, 0.5) is 0 Å². The number of carboxylic acids is 1. The summed E-state index contributed by atoms with van der Waals surface area (Å²) in [6.45, 7) is 0. The zero-order valence-electron chi connectivity index (χ0n) is 5.96. The van der Waals surface area contributed by atoms with Crippen LogP contribution in [0.5, 0.6) is 0 Å². The summed E-state index contributed by atoms with van der Waals surface area (Å²) in [7, 11) is 0. The third kappa shape index (κ3) is 0.822. The Morgan fingerprint density at radius 3 is 2.64 bits per heavy atom. The topological polar surface area (TPSA) is 37.3 Å². The fourth-order valence-corrected chi connectivity index (χ4v) is 2.40. The molecule has 0 aromatic rings. The lowest BCUT2D eigenvalue weighted by Crippen LogP contribution is -2.36. The van der Waals surface area contributed by atoms with Gasteiger partial charge < -0.3 is 5.11 Å². The van der Waals surface area contributed by atoms with Gasteiger partial charge in [-0.05, 0) is 18.8 Å². The number of alkyl halides is 1. The molecular formula is C8H9ClO2. The normalized spacial score (nSPS) is 46.6. The second-order valence-electron chi connectivity index (χ2n) is 3.36. The second-order valence-corrected chi connectivity index (χ2v) is 4.03. The van der Waals surface area contributed by atoms with Gasteiger partial charge in [-0.15, -0.1) is 11.6 Å². The van der Waals surface area contributed by atoms with Gasteiger partial charge in [0.15, 0.2) is 0 Å². The zero-order valence-corrected chi connectivity index (χ0v) is 6.71. The van der Waals surface area contributed by atoms with Crippen LogP contribution in [-0.4, -0.2) is 16.0 Å². The van der Waals surface area contributed by atoms with Crippen molar-refractivity contribution in [3.05, 3.63) is 12.2 Å². The second kappa shape index (κ2) is 2.01. The van der Waals surface area contributed by atoms with Crippen molar-refractivity contribution >= 4 is 17.6 Å². The standard InChI is InChI=1S/C8H9ClO2/c9-8(7(10)11)4-5-1-2-6(8)3-5/h1-2,5-6H,3-4H2,(H,10,11)/t5-,6-,8+/m1/s1. The van der Waals surface area contributed by atoms with E-state index in [1.807, 2.05) is 6.08 Å². The molecule has 0 amide bonds. The lowest BCUT2D eigenvalue weighted by molar-refractivity contribution is -0.140. The van der Waals surface area contributed by atoms with Crippen LogP contribution < -0.4 is 0 Å². The van der Waals surface area contributed by atoms with Crippen molar-refractivity contribution in [3.8, 4) is 0 Å². The number of halogens is 1. The van der Waals surface area contributed by atoms with Gasteiger partial charge in [0, 0.05) is 5.92 Å². The molecular weight excluding hydrogens is 164 g/mol. The first-order chi connectivity index (χ1) is 5.13. The molecule has 0 aliphatic heterocycles. The summed E-state index contributed by atoms with van der Waals surface area (Å²) in [5.74, 6) is -0.392. The number of allylic oxidation sites excluding steroid dienone is 2. The summed E-state index contributed by atoms with van der Waals surface area (Å²) in [5.41, 5.74) is 0. The van der Waals surface area contributed by atoms with Crippen molar-refractivity contribution in [2.45, 2.75) is 17.7 Å². The summed E-state index contributed by atoms with van der Waals surface area (Å²) >= 11 is 5.95. The highest BCUT2D eigenvalue weighted by atomic mass is 35.5. The predicted molar refractivity (Wildman–Crippen MR) is 41.6 cm³/mol. The Morgan fingerprint density at radius 1 is 1.64 bits per heavy atom. The third-order valence-electron chi connectivity index (χ3n) is 2.67. The van der Waals surface area contributed by atoms with Gasteiger partial charge in [-0.1, -0.05) is 12.2 Å². The number of rotatable bonds is 1. The van der Waals surface area contributed by atoms with Crippen LogP contribution in [0.1, 0.15) is 12.8 Å². The van der Waals surface area contributed by atoms with E-state index in [0.29, 0.717) is 12.3 Å². The minimum Gasteiger partial charge on any atom is -0.480 e. The van der Waals surface area contributed by atoms with Crippen LogP contribution in [-0.2, 0) is 4.79 Å². The van der Waals surface area contributed by atoms with Crippen molar-refractivity contribution in [1.29, 1.82) is 0 Å². The number of carboxylic acid groups (broad SMARTS) is 1. The van der Waals surface area contributed by atoms with Crippen molar-refractivity contribution in [2.24, 2.45) is 11.8 Å². The largest absolute Gasteiger partial charge is 0.480 e. The van der Waals surface area contributed by atoms with E-state index in [4.69, 9.17) is 16.7 Å². The molecule has 0 heterocycles. The van der Waals surface area contributed by atoms with Gasteiger partial charge in [0.05, 0.1) is 0 Å². The maximum Gasteiger partial charge on any atom is 0.325 e. The molecule has 2 nitrogen and oxygen atoms in total. The number of carbonyl (C=O) groups is 1. The van der Waals surface area contributed by atoms with Gasteiger partial charge in [-0.25, -0.2) is 0 Å². The van der Waals surface area contributed by atoms with Crippen LogP contribution in [0, 0.1) is 11.8 Å². The van der Waals surface area contributed by atoms with E-state index in [2.05, 4.69) is 6.08 Å². The molecule has 0 aromatic carbocycles. The maximum absolute atomic E-state index is 10.7. The lowest BCUT2D eigenvalue weighted by Gasteiger charge is -2.22. The Morgan fingerprint density at radius 2 is 2.36 bits per heavy atom. The minimum atomic E-state index is -0.987. The van der Waals surface area contributed by atoms with E-state index in [0.717, 1.165) is 6.42 Å². The molecule has 1 N–H and O–H groups in total. The van der Waals surface area contributed by atoms with Gasteiger partial charge in [0.25, 0.3) is 0 Å². The summed E-state index contributed by atoms with van der Waals surface area (Å²) in [6, 6.07) is 0. The van der Waals surface area contributed by atoms with E-state index in [1.54, 1.807) is 0 Å². The monoisotopic (exact) mass is 172 g/mol. The maximum atomic E-state index is 10.7. The quantitative estimate of drug-likeness (QED) is 0.482. The molecule has 0 saturated heterocycles. The summed E-state index contributed by atoms with van der Waals surface area (Å²) in [5, 5.41) is 8.83. The Balaban J connectivity index is 2.30. The molecule has 2 aliphatic carbocycles. The summed E-state index contributed by atoms with van der Waals surface area (Å²) in [6.07, 6.45) is 5.55. The van der Waals surface area contributed by atoms with Crippen LogP contribution in [0.3, 0.4) is 0 Å². The van der Waals surface area contributed by atoms with Crippen molar-refractivity contribution in [3.63, 3.8) is 0 Å². The molecule has 2 bridgehead atoms. The van der Waals surface area contributed by atoms with Gasteiger partial charge in [-0.2, -0.15) is 0 Å². The average molecular weight is 173 g/mol. The fourth-order valence-electron chi connectivity index (χ4n) is 2.04. The first-order valence-corrected chi connectivity index (χ1v) is 4.11. The molecule has 0 spiro atoms. The van der Waals surface area contributed by atoms with E-state index in [9.17, 15) is 4.79 Å². The fraction of sp³-hybridized carbons (Fsp3) is 0.625. The van der Waals surface area contributed by atoms with Crippen LogP contribution in [0.15, 0.2) is 12.2 Å².